The predicted molar refractivity (Wildman–Crippen MR) is 80.3 cm³/mol. The second-order valence-electron chi connectivity index (χ2n) is 5.03. The van der Waals surface area contributed by atoms with E-state index < -0.39 is 0 Å². The summed E-state index contributed by atoms with van der Waals surface area (Å²) in [5, 5.41) is 0.666. The Balaban J connectivity index is 1.67. The Morgan fingerprint density at radius 3 is 2.95 bits per heavy atom. The van der Waals surface area contributed by atoms with Crippen LogP contribution < -0.4 is 0 Å². The number of rotatable bonds is 4. The summed E-state index contributed by atoms with van der Waals surface area (Å²) in [7, 11) is 0. The van der Waals surface area contributed by atoms with Crippen molar-refractivity contribution in [2.75, 3.05) is 5.75 Å². The van der Waals surface area contributed by atoms with Crippen molar-refractivity contribution in [1.82, 2.24) is 9.97 Å². The van der Waals surface area contributed by atoms with E-state index in [0.29, 0.717) is 10.9 Å². The van der Waals surface area contributed by atoms with E-state index >= 15 is 0 Å². The Morgan fingerprint density at radius 1 is 1.25 bits per heavy atom. The standard InChI is InChI=1S/C16H16N2OS/c1-11-7-8-17-16(18-11)20-10-15(19)14-6-5-12-3-2-4-13(12)9-14/h5-9H,2-4,10H2,1H3. The van der Waals surface area contributed by atoms with Crippen molar-refractivity contribution in [2.45, 2.75) is 31.3 Å². The molecule has 1 aromatic carbocycles. The summed E-state index contributed by atoms with van der Waals surface area (Å²) in [6.07, 6.45) is 5.18. The fourth-order valence-corrected chi connectivity index (χ4v) is 3.22. The van der Waals surface area contributed by atoms with Gasteiger partial charge in [-0.25, -0.2) is 9.97 Å². The molecule has 0 radical (unpaired) electrons. The maximum Gasteiger partial charge on any atom is 0.188 e. The van der Waals surface area contributed by atoms with E-state index in [-0.39, 0.29) is 5.78 Å². The Labute approximate surface area is 122 Å². The fourth-order valence-electron chi connectivity index (χ4n) is 2.45. The zero-order valence-corrected chi connectivity index (χ0v) is 12.2. The second kappa shape index (κ2) is 5.75. The number of fused-ring (bicyclic) bond motifs is 1. The van der Waals surface area contributed by atoms with E-state index in [1.807, 2.05) is 19.1 Å². The first kappa shape index (κ1) is 13.3. The van der Waals surface area contributed by atoms with Gasteiger partial charge in [0.15, 0.2) is 10.9 Å². The number of Topliss-reactive ketones (excluding diaryl/α,β-unsaturated/α-hetero) is 1. The molecule has 3 rings (SSSR count). The minimum Gasteiger partial charge on any atom is -0.293 e. The molecule has 0 saturated heterocycles. The highest BCUT2D eigenvalue weighted by Crippen LogP contribution is 2.24. The summed E-state index contributed by atoms with van der Waals surface area (Å²) >= 11 is 1.40. The molecule has 1 aliphatic carbocycles. The minimum atomic E-state index is 0.148. The largest absolute Gasteiger partial charge is 0.293 e. The molecule has 0 N–H and O–H groups in total. The van der Waals surface area contributed by atoms with E-state index in [4.69, 9.17) is 0 Å². The molecule has 1 heterocycles. The quantitative estimate of drug-likeness (QED) is 0.491. The maximum atomic E-state index is 12.2. The van der Waals surface area contributed by atoms with Crippen LogP contribution in [0.1, 0.15) is 33.6 Å². The highest BCUT2D eigenvalue weighted by atomic mass is 32.2. The van der Waals surface area contributed by atoms with Crippen LogP contribution in [0.15, 0.2) is 35.6 Å². The third kappa shape index (κ3) is 2.90. The molecular formula is C16H16N2OS. The van der Waals surface area contributed by atoms with Gasteiger partial charge in [-0.1, -0.05) is 23.9 Å². The molecule has 0 amide bonds. The SMILES string of the molecule is Cc1ccnc(SCC(=O)c2ccc3c(c2)CCC3)n1. The van der Waals surface area contributed by atoms with Gasteiger partial charge in [-0.15, -0.1) is 0 Å². The molecule has 0 spiro atoms. The summed E-state index contributed by atoms with van der Waals surface area (Å²) in [6, 6.07) is 7.96. The van der Waals surface area contributed by atoms with Crippen LogP contribution in [0.2, 0.25) is 0 Å². The second-order valence-corrected chi connectivity index (χ2v) is 5.97. The van der Waals surface area contributed by atoms with Gasteiger partial charge in [-0.3, -0.25) is 4.79 Å². The molecule has 0 aliphatic heterocycles. The van der Waals surface area contributed by atoms with Crippen molar-refractivity contribution < 1.29 is 4.79 Å². The summed E-state index contributed by atoms with van der Waals surface area (Å²) in [5.41, 5.74) is 4.47. The molecule has 20 heavy (non-hydrogen) atoms. The molecule has 0 atom stereocenters. The topological polar surface area (TPSA) is 42.9 Å². The van der Waals surface area contributed by atoms with E-state index in [0.717, 1.165) is 24.1 Å². The Hall–Kier alpha value is -1.68. The smallest absolute Gasteiger partial charge is 0.188 e. The zero-order valence-electron chi connectivity index (χ0n) is 11.4. The Bertz CT molecular complexity index is 655. The van der Waals surface area contributed by atoms with Gasteiger partial charge in [-0.05, 0) is 49.4 Å². The number of aromatic nitrogens is 2. The molecule has 0 unspecified atom stereocenters. The molecular weight excluding hydrogens is 268 g/mol. The normalized spacial score (nSPS) is 13.2. The van der Waals surface area contributed by atoms with E-state index in [2.05, 4.69) is 22.1 Å². The van der Waals surface area contributed by atoms with Gasteiger partial charge in [0.25, 0.3) is 0 Å². The van der Waals surface area contributed by atoms with Crippen molar-refractivity contribution in [3.8, 4) is 0 Å². The molecule has 2 aromatic rings. The highest BCUT2D eigenvalue weighted by molar-refractivity contribution is 7.99. The van der Waals surface area contributed by atoms with Crippen molar-refractivity contribution in [3.63, 3.8) is 0 Å². The summed E-state index contributed by atoms with van der Waals surface area (Å²) in [6.45, 7) is 1.92. The van der Waals surface area contributed by atoms with Crippen molar-refractivity contribution in [1.29, 1.82) is 0 Å². The monoisotopic (exact) mass is 284 g/mol. The average molecular weight is 284 g/mol. The lowest BCUT2D eigenvalue weighted by atomic mass is 10.0. The fraction of sp³-hybridized carbons (Fsp3) is 0.312. The van der Waals surface area contributed by atoms with Crippen LogP contribution in [0.4, 0.5) is 0 Å². The van der Waals surface area contributed by atoms with E-state index in [1.54, 1.807) is 6.20 Å². The van der Waals surface area contributed by atoms with Gasteiger partial charge in [0.1, 0.15) is 0 Å². The van der Waals surface area contributed by atoms with Gasteiger partial charge < -0.3 is 0 Å². The van der Waals surface area contributed by atoms with Gasteiger partial charge >= 0.3 is 0 Å². The third-order valence-electron chi connectivity index (χ3n) is 3.53. The lowest BCUT2D eigenvalue weighted by molar-refractivity contribution is 0.102. The predicted octanol–water partition coefficient (Wildman–Crippen LogP) is 3.25. The average Bonchev–Trinajstić information content (AvgIpc) is 2.92. The van der Waals surface area contributed by atoms with Crippen LogP contribution >= 0.6 is 11.8 Å². The Morgan fingerprint density at radius 2 is 2.10 bits per heavy atom. The van der Waals surface area contributed by atoms with Crippen LogP contribution in [0.25, 0.3) is 0 Å². The molecule has 0 fully saturated rings. The van der Waals surface area contributed by atoms with Crippen molar-refractivity contribution in [2.24, 2.45) is 0 Å². The van der Waals surface area contributed by atoms with E-state index in [1.165, 1.54) is 29.3 Å². The number of ketones is 1. The maximum absolute atomic E-state index is 12.2. The van der Waals surface area contributed by atoms with Crippen LogP contribution in [-0.2, 0) is 12.8 Å². The molecule has 4 heteroatoms. The summed E-state index contributed by atoms with van der Waals surface area (Å²) in [5.74, 6) is 0.539. The van der Waals surface area contributed by atoms with Crippen LogP contribution in [0.3, 0.4) is 0 Å². The highest BCUT2D eigenvalue weighted by Gasteiger charge is 2.14. The molecule has 3 nitrogen and oxygen atoms in total. The van der Waals surface area contributed by atoms with Crippen molar-refractivity contribution in [3.05, 3.63) is 52.8 Å². The zero-order chi connectivity index (χ0) is 13.9. The number of carbonyl (C=O) groups excluding carboxylic acids is 1. The first-order valence-corrected chi connectivity index (χ1v) is 7.78. The molecule has 1 aliphatic rings. The number of thioether (sulfide) groups is 1. The number of aryl methyl sites for hydroxylation is 3. The Kier molecular flexibility index (Phi) is 3.83. The van der Waals surface area contributed by atoms with Gasteiger partial charge in [0.05, 0.1) is 5.75 Å². The van der Waals surface area contributed by atoms with Crippen molar-refractivity contribution >= 4 is 17.5 Å². The first-order chi connectivity index (χ1) is 9.72. The first-order valence-electron chi connectivity index (χ1n) is 6.80. The summed E-state index contributed by atoms with van der Waals surface area (Å²) < 4.78 is 0. The number of hydrogen-bond donors (Lipinski definition) is 0. The van der Waals surface area contributed by atoms with Crippen LogP contribution in [0.5, 0.6) is 0 Å². The lowest BCUT2D eigenvalue weighted by Gasteiger charge is -2.04. The van der Waals surface area contributed by atoms with Gasteiger partial charge in [-0.2, -0.15) is 0 Å². The van der Waals surface area contributed by atoms with E-state index in [9.17, 15) is 4.79 Å². The number of benzene rings is 1. The lowest BCUT2D eigenvalue weighted by Crippen LogP contribution is -2.04. The molecule has 102 valence electrons. The third-order valence-corrected chi connectivity index (χ3v) is 4.39. The van der Waals surface area contributed by atoms with Gasteiger partial charge in [0, 0.05) is 17.5 Å². The minimum absolute atomic E-state index is 0.148. The van der Waals surface area contributed by atoms with Gasteiger partial charge in [0.2, 0.25) is 0 Å². The number of hydrogen-bond acceptors (Lipinski definition) is 4. The summed E-state index contributed by atoms with van der Waals surface area (Å²) in [4.78, 5) is 20.7. The van der Waals surface area contributed by atoms with Crippen LogP contribution in [-0.4, -0.2) is 21.5 Å². The number of nitrogens with zero attached hydrogens (tertiary/aromatic N) is 2. The molecule has 1 aromatic heterocycles. The molecule has 0 bridgehead atoms. The molecule has 0 saturated carbocycles. The van der Waals surface area contributed by atoms with Crippen LogP contribution in [0, 0.1) is 6.92 Å². The number of carbonyl (C=O) groups is 1.